The number of rotatable bonds is 6. The molecule has 1 N–H and O–H groups in total. The maximum atomic E-state index is 5.78. The zero-order chi connectivity index (χ0) is 21.3. The van der Waals surface area contributed by atoms with Gasteiger partial charge < -0.3 is 19.7 Å². The molecular formula is C24H29N5S. The molecule has 2 atom stereocenters. The molecule has 0 saturated carbocycles. The van der Waals surface area contributed by atoms with Gasteiger partial charge in [-0.1, -0.05) is 12.1 Å². The van der Waals surface area contributed by atoms with Gasteiger partial charge in [0.15, 0.2) is 5.11 Å². The highest BCUT2D eigenvalue weighted by atomic mass is 32.1. The molecule has 1 saturated heterocycles. The van der Waals surface area contributed by atoms with Crippen molar-refractivity contribution in [1.82, 2.24) is 24.7 Å². The number of benzene rings is 1. The summed E-state index contributed by atoms with van der Waals surface area (Å²) in [7, 11) is 4.19. The van der Waals surface area contributed by atoms with Gasteiger partial charge in [0.05, 0.1) is 17.8 Å². The zero-order valence-electron chi connectivity index (χ0n) is 18.0. The first-order valence-electron chi connectivity index (χ1n) is 10.3. The summed E-state index contributed by atoms with van der Waals surface area (Å²) < 4.78 is 2.28. The number of hydrogen-bond donors (Lipinski definition) is 1. The summed E-state index contributed by atoms with van der Waals surface area (Å²) in [5.41, 5.74) is 5.97. The summed E-state index contributed by atoms with van der Waals surface area (Å²) in [5.74, 6) is 0. The fourth-order valence-corrected chi connectivity index (χ4v) is 4.35. The van der Waals surface area contributed by atoms with Crippen LogP contribution in [0.3, 0.4) is 0 Å². The Kier molecular flexibility index (Phi) is 5.88. The number of hydrogen-bond acceptors (Lipinski definition) is 3. The maximum absolute atomic E-state index is 5.78. The monoisotopic (exact) mass is 419 g/mol. The van der Waals surface area contributed by atoms with Crippen molar-refractivity contribution in [3.8, 4) is 5.69 Å². The average Bonchev–Trinajstić information content (AvgIpc) is 3.33. The van der Waals surface area contributed by atoms with Crippen LogP contribution in [0, 0.1) is 13.8 Å². The molecule has 1 aromatic carbocycles. The number of aryl methyl sites for hydroxylation is 2. The minimum Gasteiger partial charge on any atom is -0.352 e. The first-order chi connectivity index (χ1) is 14.5. The Balaban J connectivity index is 1.78. The normalized spacial score (nSPS) is 18.8. The van der Waals surface area contributed by atoms with Gasteiger partial charge in [-0.15, -0.1) is 0 Å². The fraction of sp³-hybridized carbons (Fsp3) is 0.333. The molecule has 0 bridgehead atoms. The average molecular weight is 420 g/mol. The summed E-state index contributed by atoms with van der Waals surface area (Å²) in [4.78, 5) is 9.14. The molecule has 4 rings (SSSR count). The standard InChI is InChI=1S/C24H29N5S/c1-17-10-11-19(16-18(17)2)28-13-7-9-21(28)23-22(20-8-5-6-12-25-20)26-24(30)29(23)15-14-27(3)4/h5-13,16,22-23H,14-15H2,1-4H3,(H,26,30)/t22-,23+/m0/s1. The van der Waals surface area contributed by atoms with Crippen molar-refractivity contribution in [2.24, 2.45) is 0 Å². The lowest BCUT2D eigenvalue weighted by Crippen LogP contribution is -2.36. The molecule has 2 aromatic heterocycles. The van der Waals surface area contributed by atoms with Crippen LogP contribution in [0.25, 0.3) is 5.69 Å². The minimum atomic E-state index is 0.000979. The van der Waals surface area contributed by atoms with Gasteiger partial charge in [0.1, 0.15) is 0 Å². The lowest BCUT2D eigenvalue weighted by molar-refractivity contribution is 0.272. The summed E-state index contributed by atoms with van der Waals surface area (Å²) in [6.07, 6.45) is 3.99. The third-order valence-corrected chi connectivity index (χ3v) is 6.19. The van der Waals surface area contributed by atoms with Crippen LogP contribution in [-0.4, -0.2) is 51.6 Å². The van der Waals surface area contributed by atoms with E-state index in [2.05, 4.69) is 95.2 Å². The molecule has 0 amide bonds. The lowest BCUT2D eigenvalue weighted by Gasteiger charge is -2.30. The van der Waals surface area contributed by atoms with Crippen LogP contribution in [0.2, 0.25) is 0 Å². The first kappa shape index (κ1) is 20.6. The molecule has 1 aliphatic heterocycles. The second-order valence-corrected chi connectivity index (χ2v) is 8.58. The van der Waals surface area contributed by atoms with E-state index >= 15 is 0 Å². The van der Waals surface area contributed by atoms with Crippen molar-refractivity contribution in [3.05, 3.63) is 83.4 Å². The third kappa shape index (κ3) is 3.98. The van der Waals surface area contributed by atoms with E-state index < -0.39 is 0 Å². The number of likely N-dealkylation sites (N-methyl/N-ethyl adjacent to an activating group) is 1. The van der Waals surface area contributed by atoms with E-state index in [4.69, 9.17) is 12.2 Å². The third-order valence-electron chi connectivity index (χ3n) is 5.84. The summed E-state index contributed by atoms with van der Waals surface area (Å²) in [5, 5.41) is 4.33. The van der Waals surface area contributed by atoms with Gasteiger partial charge in [-0.3, -0.25) is 4.98 Å². The molecule has 0 aliphatic carbocycles. The first-order valence-corrected chi connectivity index (χ1v) is 10.7. The van der Waals surface area contributed by atoms with Gasteiger partial charge >= 0.3 is 0 Å². The Labute approximate surface area is 184 Å². The quantitative estimate of drug-likeness (QED) is 0.611. The summed E-state index contributed by atoms with van der Waals surface area (Å²) >= 11 is 5.78. The fourth-order valence-electron chi connectivity index (χ4n) is 4.02. The van der Waals surface area contributed by atoms with Gasteiger partial charge in [-0.25, -0.2) is 0 Å². The molecule has 1 fully saturated rings. The van der Waals surface area contributed by atoms with E-state index in [1.807, 2.05) is 18.3 Å². The number of nitrogens with one attached hydrogen (secondary N) is 1. The predicted octanol–water partition coefficient (Wildman–Crippen LogP) is 4.02. The topological polar surface area (TPSA) is 36.3 Å². The van der Waals surface area contributed by atoms with E-state index in [-0.39, 0.29) is 12.1 Å². The van der Waals surface area contributed by atoms with Gasteiger partial charge in [0.25, 0.3) is 0 Å². The van der Waals surface area contributed by atoms with Crippen LogP contribution in [0.4, 0.5) is 0 Å². The molecule has 30 heavy (non-hydrogen) atoms. The van der Waals surface area contributed by atoms with Crippen LogP contribution < -0.4 is 5.32 Å². The highest BCUT2D eigenvalue weighted by molar-refractivity contribution is 7.80. The Bertz CT molecular complexity index is 1030. The van der Waals surface area contributed by atoms with E-state index in [9.17, 15) is 0 Å². The van der Waals surface area contributed by atoms with Crippen molar-refractivity contribution in [3.63, 3.8) is 0 Å². The molecule has 1 aliphatic rings. The highest BCUT2D eigenvalue weighted by Gasteiger charge is 2.41. The van der Waals surface area contributed by atoms with Gasteiger partial charge in [0, 0.05) is 36.9 Å². The number of nitrogens with zero attached hydrogens (tertiary/aromatic N) is 4. The highest BCUT2D eigenvalue weighted by Crippen LogP contribution is 2.39. The number of thiocarbonyl (C=S) groups is 1. The van der Waals surface area contributed by atoms with Crippen LogP contribution in [-0.2, 0) is 0 Å². The number of aromatic nitrogens is 2. The van der Waals surface area contributed by atoms with Gasteiger partial charge in [-0.2, -0.15) is 0 Å². The molecule has 3 aromatic rings. The number of pyridine rings is 1. The molecule has 0 unspecified atom stereocenters. The van der Waals surface area contributed by atoms with Gasteiger partial charge in [-0.05, 0) is 87.7 Å². The summed E-state index contributed by atoms with van der Waals surface area (Å²) in [6.45, 7) is 6.09. The van der Waals surface area contributed by atoms with Crippen molar-refractivity contribution in [1.29, 1.82) is 0 Å². The SMILES string of the molecule is Cc1ccc(-n2cccc2[C@@H]2[C@H](c3ccccn3)NC(=S)N2CCN(C)C)cc1C. The van der Waals surface area contributed by atoms with Crippen LogP contribution in [0.15, 0.2) is 60.9 Å². The second-order valence-electron chi connectivity index (χ2n) is 8.19. The Morgan fingerprint density at radius 3 is 2.60 bits per heavy atom. The second kappa shape index (κ2) is 8.58. The largest absolute Gasteiger partial charge is 0.352 e. The van der Waals surface area contributed by atoms with E-state index in [0.717, 1.165) is 23.9 Å². The molecule has 0 radical (unpaired) electrons. The minimum absolute atomic E-state index is 0.000979. The summed E-state index contributed by atoms with van der Waals surface area (Å²) in [6, 6.07) is 17.1. The maximum Gasteiger partial charge on any atom is 0.170 e. The molecule has 0 spiro atoms. The van der Waals surface area contributed by atoms with Crippen LogP contribution in [0.5, 0.6) is 0 Å². The van der Waals surface area contributed by atoms with Crippen LogP contribution >= 0.6 is 12.2 Å². The lowest BCUT2D eigenvalue weighted by atomic mass is 10.0. The smallest absolute Gasteiger partial charge is 0.170 e. The van der Waals surface area contributed by atoms with Crippen molar-refractivity contribution >= 4 is 17.3 Å². The molecule has 5 nitrogen and oxygen atoms in total. The van der Waals surface area contributed by atoms with Crippen molar-refractivity contribution in [2.45, 2.75) is 25.9 Å². The van der Waals surface area contributed by atoms with E-state index in [1.165, 1.54) is 22.5 Å². The van der Waals surface area contributed by atoms with Crippen molar-refractivity contribution < 1.29 is 0 Å². The Morgan fingerprint density at radius 2 is 1.90 bits per heavy atom. The van der Waals surface area contributed by atoms with E-state index in [0.29, 0.717) is 0 Å². The van der Waals surface area contributed by atoms with Gasteiger partial charge in [0.2, 0.25) is 0 Å². The van der Waals surface area contributed by atoms with Crippen LogP contribution in [0.1, 0.15) is 34.6 Å². The molecule has 156 valence electrons. The Hall–Kier alpha value is -2.70. The molecule has 3 heterocycles. The Morgan fingerprint density at radius 1 is 1.07 bits per heavy atom. The zero-order valence-corrected chi connectivity index (χ0v) is 18.9. The molecular weight excluding hydrogens is 390 g/mol. The van der Waals surface area contributed by atoms with Crippen molar-refractivity contribution in [2.75, 3.05) is 27.2 Å². The van der Waals surface area contributed by atoms with E-state index in [1.54, 1.807) is 0 Å². The predicted molar refractivity (Wildman–Crippen MR) is 126 cm³/mol. The molecule has 6 heteroatoms.